The Morgan fingerprint density at radius 1 is 0.248 bits per heavy atom. The Labute approximate surface area is 734 Å². The fraction of sp³-hybridized carbons (Fsp3) is 0.0769. The molecule has 0 saturated heterocycles. The molecule has 17 nitrogen and oxygen atoms in total. The first-order valence-electron chi connectivity index (χ1n) is 39.0. The van der Waals surface area contributed by atoms with Crippen LogP contribution in [0.3, 0.4) is 0 Å². The van der Waals surface area contributed by atoms with Crippen molar-refractivity contribution in [1.29, 1.82) is 0 Å². The number of thiophene rings is 4. The Hall–Kier alpha value is -15.0. The molecule has 0 spiro atoms. The highest BCUT2D eigenvalue weighted by Gasteiger charge is 2.29. The number of aryl methyl sites for hydroxylation is 8. The minimum absolute atomic E-state index is 0.0365. The maximum Gasteiger partial charge on any atom is 0.328 e. The summed E-state index contributed by atoms with van der Waals surface area (Å²) in [6, 6.07) is 70.4. The molecule has 125 heavy (non-hydrogen) atoms. The molecule has 0 atom stereocenters. The van der Waals surface area contributed by atoms with E-state index in [1.807, 2.05) is 199 Å². The van der Waals surface area contributed by atoms with Gasteiger partial charge in [-0.15, -0.1) is 45.3 Å². The van der Waals surface area contributed by atoms with Crippen LogP contribution in [0.2, 0.25) is 0 Å². The lowest BCUT2D eigenvalue weighted by atomic mass is 9.92. The van der Waals surface area contributed by atoms with E-state index in [1.54, 1.807) is 92.7 Å². The number of ketones is 4. The predicted octanol–water partition coefficient (Wildman–Crippen LogP) is 24.6. The first-order chi connectivity index (χ1) is 59.7. The van der Waals surface area contributed by atoms with E-state index in [9.17, 15) is 63.9 Å². The molecule has 21 heteroatoms. The highest BCUT2D eigenvalue weighted by molar-refractivity contribution is 7.23. The van der Waals surface area contributed by atoms with Crippen molar-refractivity contribution in [2.24, 2.45) is 0 Å². The molecule has 16 rings (SSSR count). The predicted molar refractivity (Wildman–Crippen MR) is 501 cm³/mol. The Morgan fingerprint density at radius 2 is 0.512 bits per heavy atom. The summed E-state index contributed by atoms with van der Waals surface area (Å²) < 4.78 is 3.28. The summed E-state index contributed by atoms with van der Waals surface area (Å²) in [5.41, 5.74) is 19.4. The minimum atomic E-state index is -1.02. The number of carbonyl (C=O) groups is 8. The number of carboxylic acids is 4. The van der Waals surface area contributed by atoms with Gasteiger partial charge >= 0.3 is 23.9 Å². The van der Waals surface area contributed by atoms with Crippen molar-refractivity contribution in [3.05, 3.63) is 369 Å². The van der Waals surface area contributed by atoms with Crippen LogP contribution in [0.1, 0.15) is 128 Å². The standard InChI is InChI=1S/C27H22O4S.C26H20O5S.C26H20O4S.C25H18O4S/c1-15-12-16(2)24(17(3)13-15)26(31)27-25(21-10-9-20(28)14-22(21)32-27)19-7-4-18(5-8-19)6-11-23(29)30;1-14-11-19(28)12-15(2)23(14)25(31)26-24(20-9-8-18(27)13-21(20)32-26)17-6-3-16(4-7-17)5-10-22(29)30;1-15-3-10-20(16(2)13-15)25(30)26-24(21-11-9-19(27)14-22(21)31-26)18-7-4-17(5-8-18)6-12-23(28)29;1-15-4-2-3-5-19(15)24(29)25-23(20-12-11-18(26)14-21(20)30-25)17-9-6-16(7-10-17)8-13-22(27)28/h4-14,28H,1-3H3,(H,29,30);3-13,27-28H,1-2H3,(H,29,30);3-14,27H,1-2H3,(H,28,29);2-14,26H,1H3,(H,27,28)/b11-6+;10-5+;12-6+;13-8+. The van der Waals surface area contributed by atoms with Gasteiger partial charge in [-0.1, -0.05) is 163 Å². The van der Waals surface area contributed by atoms with Crippen LogP contribution in [-0.4, -0.2) is 93.0 Å². The number of phenols is 5. The second-order valence-corrected chi connectivity index (χ2v) is 34.0. The fourth-order valence-corrected chi connectivity index (χ4v) is 19.9. The largest absolute Gasteiger partial charge is 0.508 e. The van der Waals surface area contributed by atoms with Gasteiger partial charge in [0, 0.05) is 109 Å². The monoisotopic (exact) mass is 1730 g/mol. The first kappa shape index (κ1) is 87.8. The SMILES string of the molecule is Cc1cc(C)c(C(=O)c2sc3cc(O)ccc3c2-c2ccc(/C=C/C(=O)O)cc2)c(C)c1.Cc1cc(O)cc(C)c1C(=O)c1sc2cc(O)ccc2c1-c1ccc(/C=C/C(=O)O)cc1.Cc1ccc(C(=O)c2sc3cc(O)ccc3c2-c2ccc(/C=C/C(=O)O)cc2)c(C)c1.Cc1ccccc1C(=O)c1sc2cc(O)ccc2c1-c1ccc(/C=C/C(=O)O)cc1. The van der Waals surface area contributed by atoms with Crippen molar-refractivity contribution in [3.8, 4) is 73.3 Å². The van der Waals surface area contributed by atoms with E-state index in [1.165, 1.54) is 69.7 Å². The van der Waals surface area contributed by atoms with Crippen LogP contribution in [0.15, 0.2) is 261 Å². The maximum atomic E-state index is 13.8. The fourth-order valence-electron chi connectivity index (χ4n) is 15.0. The lowest BCUT2D eigenvalue weighted by Crippen LogP contribution is -2.06. The van der Waals surface area contributed by atoms with E-state index in [-0.39, 0.29) is 51.9 Å². The van der Waals surface area contributed by atoms with Gasteiger partial charge in [0.25, 0.3) is 0 Å². The molecule has 12 aromatic carbocycles. The highest BCUT2D eigenvalue weighted by atomic mass is 32.1. The summed E-state index contributed by atoms with van der Waals surface area (Å²) in [4.78, 5) is 99.9. The Bertz CT molecular complexity index is 6860. The molecule has 0 saturated carbocycles. The Kier molecular flexibility index (Phi) is 26.7. The summed E-state index contributed by atoms with van der Waals surface area (Å²) in [5.74, 6) is -3.64. The smallest absolute Gasteiger partial charge is 0.328 e. The zero-order chi connectivity index (χ0) is 89.4. The van der Waals surface area contributed by atoms with Crippen LogP contribution in [0.4, 0.5) is 0 Å². The van der Waals surface area contributed by atoms with Crippen molar-refractivity contribution < 1.29 is 84.3 Å². The summed E-state index contributed by atoms with van der Waals surface area (Å²) >= 11 is 5.41. The van der Waals surface area contributed by atoms with Gasteiger partial charge in [-0.2, -0.15) is 0 Å². The number of aliphatic carboxylic acids is 4. The Balaban J connectivity index is 0.000000143. The molecule has 16 aromatic rings. The number of benzene rings is 12. The lowest BCUT2D eigenvalue weighted by molar-refractivity contribution is -0.132. The Morgan fingerprint density at radius 3 is 0.792 bits per heavy atom. The minimum Gasteiger partial charge on any atom is -0.508 e. The van der Waals surface area contributed by atoms with E-state index in [4.69, 9.17) is 20.4 Å². The van der Waals surface area contributed by atoms with Gasteiger partial charge in [0.05, 0.1) is 19.5 Å². The molecule has 0 amide bonds. The summed E-state index contributed by atoms with van der Waals surface area (Å²) in [5, 5.41) is 88.5. The van der Waals surface area contributed by atoms with Crippen LogP contribution in [0.5, 0.6) is 28.7 Å². The van der Waals surface area contributed by atoms with Gasteiger partial charge in [-0.3, -0.25) is 19.2 Å². The number of rotatable bonds is 20. The molecule has 0 aliphatic rings. The molecule has 0 unspecified atom stereocenters. The van der Waals surface area contributed by atoms with E-state index in [0.717, 1.165) is 165 Å². The summed E-state index contributed by atoms with van der Waals surface area (Å²) in [6.45, 7) is 15.4. The quantitative estimate of drug-likeness (QED) is 0.0253. The van der Waals surface area contributed by atoms with Gasteiger partial charge in [0.1, 0.15) is 28.7 Å². The average Bonchev–Trinajstić information content (AvgIpc) is 1.63. The van der Waals surface area contributed by atoms with Gasteiger partial charge < -0.3 is 46.0 Å². The van der Waals surface area contributed by atoms with E-state index in [2.05, 4.69) is 0 Å². The number of hydrogen-bond acceptors (Lipinski definition) is 17. The number of hydrogen-bond donors (Lipinski definition) is 9. The number of fused-ring (bicyclic) bond motifs is 4. The first-order valence-corrected chi connectivity index (χ1v) is 42.3. The normalized spacial score (nSPS) is 11.3. The number of aromatic hydroxyl groups is 5. The number of carbonyl (C=O) groups excluding carboxylic acids is 4. The zero-order valence-electron chi connectivity index (χ0n) is 68.6. The molecule has 622 valence electrons. The van der Waals surface area contributed by atoms with Crippen LogP contribution in [-0.2, 0) is 19.2 Å². The molecular formula is C104H80O17S4. The van der Waals surface area contributed by atoms with Gasteiger partial charge in [-0.25, -0.2) is 19.2 Å². The summed E-state index contributed by atoms with van der Waals surface area (Å²) in [6.07, 6.45) is 10.4. The van der Waals surface area contributed by atoms with E-state index < -0.39 is 23.9 Å². The van der Waals surface area contributed by atoms with Crippen LogP contribution >= 0.6 is 45.3 Å². The molecule has 0 bridgehead atoms. The van der Waals surface area contributed by atoms with Crippen LogP contribution in [0.25, 0.3) is 109 Å². The number of phenolic OH excluding ortho intramolecular Hbond substituents is 5. The van der Waals surface area contributed by atoms with Gasteiger partial charge in [-0.05, 0) is 243 Å². The molecule has 0 fully saturated rings. The molecular weight excluding hydrogens is 1650 g/mol. The van der Waals surface area contributed by atoms with E-state index >= 15 is 0 Å². The average molecular weight is 1730 g/mol. The van der Waals surface area contributed by atoms with Crippen molar-refractivity contribution in [2.45, 2.75) is 55.4 Å². The van der Waals surface area contributed by atoms with Gasteiger partial charge in [0.15, 0.2) is 0 Å². The van der Waals surface area contributed by atoms with Crippen molar-refractivity contribution in [3.63, 3.8) is 0 Å². The third-order valence-corrected chi connectivity index (χ3v) is 25.3. The third-order valence-electron chi connectivity index (χ3n) is 20.7. The van der Waals surface area contributed by atoms with Crippen LogP contribution in [0, 0.1) is 55.4 Å². The maximum absolute atomic E-state index is 13.8. The molecule has 4 heterocycles. The van der Waals surface area contributed by atoms with Crippen molar-refractivity contribution in [2.75, 3.05) is 0 Å². The van der Waals surface area contributed by atoms with Crippen LogP contribution < -0.4 is 0 Å². The third kappa shape index (κ3) is 20.1. The van der Waals surface area contributed by atoms with Crippen molar-refractivity contribution >= 4 is 157 Å². The number of carboxylic acid groups (broad SMARTS) is 4. The molecule has 0 aliphatic carbocycles. The summed E-state index contributed by atoms with van der Waals surface area (Å²) in [7, 11) is 0. The molecule has 4 aromatic heterocycles. The lowest BCUT2D eigenvalue weighted by Gasteiger charge is -2.11. The second kappa shape index (κ2) is 38.0. The van der Waals surface area contributed by atoms with E-state index in [0.29, 0.717) is 52.9 Å². The molecule has 0 aliphatic heterocycles. The van der Waals surface area contributed by atoms with Gasteiger partial charge in [0.2, 0.25) is 23.1 Å². The molecule has 0 radical (unpaired) electrons. The zero-order valence-corrected chi connectivity index (χ0v) is 71.8. The van der Waals surface area contributed by atoms with Crippen molar-refractivity contribution in [1.82, 2.24) is 0 Å². The topological polar surface area (TPSA) is 319 Å². The molecule has 9 N–H and O–H groups in total. The second-order valence-electron chi connectivity index (χ2n) is 29.8. The highest BCUT2D eigenvalue weighted by Crippen LogP contribution is 2.47.